The van der Waals surface area contributed by atoms with Crippen LogP contribution >= 0.6 is 0 Å². The van der Waals surface area contributed by atoms with Crippen LogP contribution < -0.4 is 10.2 Å². The van der Waals surface area contributed by atoms with Gasteiger partial charge in [0.2, 0.25) is 0 Å². The lowest BCUT2D eigenvalue weighted by atomic mass is 10.2. The Kier molecular flexibility index (Phi) is 8.09. The number of rotatable bonds is 7. The molecular formula is C19H28N2O5. The van der Waals surface area contributed by atoms with E-state index in [1.807, 2.05) is 37.3 Å². The molecule has 1 N–H and O–H groups in total. The van der Waals surface area contributed by atoms with Gasteiger partial charge in [-0.2, -0.15) is 0 Å². The van der Waals surface area contributed by atoms with Crippen molar-refractivity contribution in [3.8, 4) is 0 Å². The highest BCUT2D eigenvalue weighted by atomic mass is 16.6. The lowest BCUT2D eigenvalue weighted by Crippen LogP contribution is -2.40. The molecule has 0 saturated heterocycles. The third-order valence-corrected chi connectivity index (χ3v) is 3.30. The van der Waals surface area contributed by atoms with E-state index in [1.54, 1.807) is 25.7 Å². The van der Waals surface area contributed by atoms with Gasteiger partial charge in [0.05, 0.1) is 6.42 Å². The van der Waals surface area contributed by atoms with Gasteiger partial charge in [0, 0.05) is 18.8 Å². The number of hydrogen-bond donors (Lipinski definition) is 1. The van der Waals surface area contributed by atoms with Crippen molar-refractivity contribution < 1.29 is 23.9 Å². The van der Waals surface area contributed by atoms with Gasteiger partial charge in [0.25, 0.3) is 5.91 Å². The minimum Gasteiger partial charge on any atom is -0.452 e. The molecule has 0 unspecified atom stereocenters. The van der Waals surface area contributed by atoms with E-state index >= 15 is 0 Å². The molecule has 1 atom stereocenters. The summed E-state index contributed by atoms with van der Waals surface area (Å²) in [4.78, 5) is 37.5. The van der Waals surface area contributed by atoms with Crippen LogP contribution in [-0.2, 0) is 19.1 Å². The fourth-order valence-corrected chi connectivity index (χ4v) is 2.18. The Morgan fingerprint density at radius 1 is 1.15 bits per heavy atom. The summed E-state index contributed by atoms with van der Waals surface area (Å²) in [6.45, 7) is 9.17. The maximum Gasteiger partial charge on any atom is 0.407 e. The monoisotopic (exact) mass is 364 g/mol. The summed E-state index contributed by atoms with van der Waals surface area (Å²) in [5, 5.41) is 2.48. The summed E-state index contributed by atoms with van der Waals surface area (Å²) in [5.41, 5.74) is 0.140. The molecule has 0 radical (unpaired) electrons. The molecule has 1 rings (SSSR count). The number of likely N-dealkylation sites (N-methyl/N-ethyl adjacent to an activating group) is 1. The maximum atomic E-state index is 12.5. The maximum absolute atomic E-state index is 12.5. The number of esters is 1. The van der Waals surface area contributed by atoms with Crippen molar-refractivity contribution in [1.82, 2.24) is 5.32 Å². The first-order chi connectivity index (χ1) is 12.1. The Morgan fingerprint density at radius 3 is 2.31 bits per heavy atom. The molecule has 26 heavy (non-hydrogen) atoms. The van der Waals surface area contributed by atoms with Crippen molar-refractivity contribution >= 4 is 23.7 Å². The first-order valence-electron chi connectivity index (χ1n) is 8.66. The Morgan fingerprint density at radius 2 is 1.77 bits per heavy atom. The van der Waals surface area contributed by atoms with Gasteiger partial charge >= 0.3 is 12.1 Å². The topological polar surface area (TPSA) is 84.9 Å². The minimum absolute atomic E-state index is 0.0473. The standard InChI is InChI=1S/C19H28N2O5/c1-6-21(15-10-8-7-9-11-15)17(23)14(2)25-16(22)12-13-20-18(24)26-19(3,4)5/h7-11,14H,6,12-13H2,1-5H3,(H,20,24)/t14-/m1/s1. The van der Waals surface area contributed by atoms with Gasteiger partial charge in [-0.05, 0) is 46.8 Å². The number of nitrogens with one attached hydrogen (secondary N) is 1. The molecule has 7 heteroatoms. The summed E-state index contributed by atoms with van der Waals surface area (Å²) in [6, 6.07) is 9.18. The zero-order valence-electron chi connectivity index (χ0n) is 16.1. The van der Waals surface area contributed by atoms with Gasteiger partial charge in [-0.3, -0.25) is 9.59 Å². The molecule has 1 aromatic carbocycles. The Hall–Kier alpha value is -2.57. The van der Waals surface area contributed by atoms with Crippen molar-refractivity contribution in [1.29, 1.82) is 0 Å². The first kappa shape index (κ1) is 21.5. The highest BCUT2D eigenvalue weighted by Crippen LogP contribution is 2.15. The number of alkyl carbamates (subject to hydrolysis) is 1. The van der Waals surface area contributed by atoms with Crippen LogP contribution in [-0.4, -0.2) is 42.8 Å². The molecule has 0 bridgehead atoms. The average molecular weight is 364 g/mol. The van der Waals surface area contributed by atoms with Crippen LogP contribution in [0.15, 0.2) is 30.3 Å². The molecule has 0 heterocycles. The number of hydrogen-bond acceptors (Lipinski definition) is 5. The number of amides is 2. The molecular weight excluding hydrogens is 336 g/mol. The average Bonchev–Trinajstić information content (AvgIpc) is 2.54. The Balaban J connectivity index is 2.46. The molecule has 2 amide bonds. The molecule has 0 spiro atoms. The van der Waals surface area contributed by atoms with Crippen LogP contribution in [0, 0.1) is 0 Å². The molecule has 0 saturated carbocycles. The molecule has 0 aromatic heterocycles. The van der Waals surface area contributed by atoms with Gasteiger partial charge in [-0.15, -0.1) is 0 Å². The molecule has 0 aliphatic heterocycles. The number of nitrogens with zero attached hydrogens (tertiary/aromatic N) is 1. The number of ether oxygens (including phenoxy) is 2. The SMILES string of the molecule is CCN(C(=O)[C@@H](C)OC(=O)CCNC(=O)OC(C)(C)C)c1ccccc1. The van der Waals surface area contributed by atoms with E-state index in [1.165, 1.54) is 6.92 Å². The minimum atomic E-state index is -0.913. The van der Waals surface area contributed by atoms with Crippen LogP contribution in [0.25, 0.3) is 0 Å². The largest absolute Gasteiger partial charge is 0.452 e. The Bertz CT molecular complexity index is 610. The van der Waals surface area contributed by atoms with Crippen molar-refractivity contribution in [2.45, 2.75) is 52.7 Å². The smallest absolute Gasteiger partial charge is 0.407 e. The number of anilines is 1. The number of carbonyl (C=O) groups is 3. The molecule has 7 nitrogen and oxygen atoms in total. The van der Waals surface area contributed by atoms with Gasteiger partial charge in [-0.1, -0.05) is 18.2 Å². The molecule has 0 aliphatic carbocycles. The third-order valence-electron chi connectivity index (χ3n) is 3.30. The Labute approximate surface area is 154 Å². The number of para-hydroxylation sites is 1. The van der Waals surface area contributed by atoms with Gasteiger partial charge in [0.1, 0.15) is 5.60 Å². The second kappa shape index (κ2) is 9.79. The molecule has 144 valence electrons. The fraction of sp³-hybridized carbons (Fsp3) is 0.526. The summed E-state index contributed by atoms with van der Waals surface area (Å²) >= 11 is 0. The molecule has 0 aliphatic rings. The molecule has 1 aromatic rings. The predicted octanol–water partition coefficient (Wildman–Crippen LogP) is 2.89. The van der Waals surface area contributed by atoms with E-state index in [0.717, 1.165) is 5.69 Å². The van der Waals surface area contributed by atoms with E-state index in [9.17, 15) is 14.4 Å². The second-order valence-corrected chi connectivity index (χ2v) is 6.73. The normalized spacial score (nSPS) is 12.0. The fourth-order valence-electron chi connectivity index (χ4n) is 2.18. The van der Waals surface area contributed by atoms with Crippen molar-refractivity contribution in [3.05, 3.63) is 30.3 Å². The summed E-state index contributed by atoms with van der Waals surface area (Å²) in [7, 11) is 0. The number of benzene rings is 1. The lowest BCUT2D eigenvalue weighted by Gasteiger charge is -2.24. The van der Waals surface area contributed by atoms with Gasteiger partial charge in [0.15, 0.2) is 6.10 Å². The molecule has 0 fully saturated rings. The van der Waals surface area contributed by atoms with Crippen LogP contribution in [0.4, 0.5) is 10.5 Å². The van der Waals surface area contributed by atoms with Crippen molar-refractivity contribution in [3.63, 3.8) is 0 Å². The van der Waals surface area contributed by atoms with E-state index in [0.29, 0.717) is 6.54 Å². The summed E-state index contributed by atoms with van der Waals surface area (Å²) in [5.74, 6) is -0.863. The van der Waals surface area contributed by atoms with E-state index in [4.69, 9.17) is 9.47 Å². The van der Waals surface area contributed by atoms with Gasteiger partial charge in [-0.25, -0.2) is 4.79 Å². The zero-order valence-corrected chi connectivity index (χ0v) is 16.1. The zero-order chi connectivity index (χ0) is 19.7. The third kappa shape index (κ3) is 7.55. The highest BCUT2D eigenvalue weighted by molar-refractivity contribution is 5.97. The summed E-state index contributed by atoms with van der Waals surface area (Å²) < 4.78 is 10.2. The highest BCUT2D eigenvalue weighted by Gasteiger charge is 2.24. The van der Waals surface area contributed by atoms with Crippen molar-refractivity contribution in [2.24, 2.45) is 0 Å². The van der Waals surface area contributed by atoms with Gasteiger partial charge < -0.3 is 19.7 Å². The van der Waals surface area contributed by atoms with E-state index in [2.05, 4.69) is 5.32 Å². The van der Waals surface area contributed by atoms with Crippen LogP contribution in [0.5, 0.6) is 0 Å². The number of carbonyl (C=O) groups excluding carboxylic acids is 3. The lowest BCUT2D eigenvalue weighted by molar-refractivity contribution is -0.153. The van der Waals surface area contributed by atoms with Crippen LogP contribution in [0.2, 0.25) is 0 Å². The second-order valence-electron chi connectivity index (χ2n) is 6.73. The van der Waals surface area contributed by atoms with Crippen LogP contribution in [0.1, 0.15) is 41.0 Å². The van der Waals surface area contributed by atoms with E-state index in [-0.39, 0.29) is 18.9 Å². The van der Waals surface area contributed by atoms with Crippen LogP contribution in [0.3, 0.4) is 0 Å². The quantitative estimate of drug-likeness (QED) is 0.752. The first-order valence-corrected chi connectivity index (χ1v) is 8.66. The predicted molar refractivity (Wildman–Crippen MR) is 98.9 cm³/mol. The summed E-state index contributed by atoms with van der Waals surface area (Å²) in [6.07, 6.45) is -1.56. The van der Waals surface area contributed by atoms with Crippen molar-refractivity contribution in [2.75, 3.05) is 18.0 Å². The van der Waals surface area contributed by atoms with E-state index < -0.39 is 23.8 Å².